The molecule has 0 N–H and O–H groups in total. The molecule has 0 aliphatic rings. The second kappa shape index (κ2) is 5.01. The van der Waals surface area contributed by atoms with E-state index < -0.39 is 4.92 Å². The Labute approximate surface area is 108 Å². The number of aryl methyl sites for hydroxylation is 1. The zero-order valence-corrected chi connectivity index (χ0v) is 10.2. The van der Waals surface area contributed by atoms with Crippen LogP contribution in [0.5, 0.6) is 11.5 Å². The van der Waals surface area contributed by atoms with Gasteiger partial charge in [0.2, 0.25) is 5.75 Å². The topological polar surface area (TPSA) is 65.3 Å². The van der Waals surface area contributed by atoms with E-state index in [1.807, 2.05) is 0 Å². The van der Waals surface area contributed by atoms with E-state index in [2.05, 4.69) is 4.98 Å². The van der Waals surface area contributed by atoms with Gasteiger partial charge in [-0.1, -0.05) is 23.7 Å². The van der Waals surface area contributed by atoms with E-state index in [1.165, 1.54) is 18.2 Å². The summed E-state index contributed by atoms with van der Waals surface area (Å²) < 4.78 is 5.52. The van der Waals surface area contributed by atoms with Crippen molar-refractivity contribution >= 4 is 17.3 Å². The zero-order chi connectivity index (χ0) is 13.1. The van der Waals surface area contributed by atoms with Crippen LogP contribution in [-0.2, 0) is 0 Å². The molecule has 5 nitrogen and oxygen atoms in total. The minimum atomic E-state index is -0.493. The first-order valence-corrected chi connectivity index (χ1v) is 5.49. The van der Waals surface area contributed by atoms with Crippen LogP contribution < -0.4 is 4.74 Å². The summed E-state index contributed by atoms with van der Waals surface area (Å²) in [5.74, 6) is 0.622. The third-order valence-electron chi connectivity index (χ3n) is 2.30. The normalized spacial score (nSPS) is 10.1. The zero-order valence-electron chi connectivity index (χ0n) is 9.46. The lowest BCUT2D eigenvalue weighted by molar-refractivity contribution is -0.385. The first-order chi connectivity index (χ1) is 8.58. The Morgan fingerprint density at radius 1 is 1.33 bits per heavy atom. The fourth-order valence-corrected chi connectivity index (χ4v) is 1.55. The maximum absolute atomic E-state index is 10.9. The molecule has 0 saturated heterocycles. The van der Waals surface area contributed by atoms with Crippen molar-refractivity contribution in [3.63, 3.8) is 0 Å². The van der Waals surface area contributed by atoms with Crippen molar-refractivity contribution in [3.05, 3.63) is 57.4 Å². The predicted molar refractivity (Wildman–Crippen MR) is 67.2 cm³/mol. The van der Waals surface area contributed by atoms with E-state index in [0.29, 0.717) is 5.75 Å². The SMILES string of the molecule is Cc1cnc(Cl)cc1Oc1ccccc1[N+](=O)[O-]. The molecular weight excluding hydrogens is 256 g/mol. The monoisotopic (exact) mass is 264 g/mol. The molecule has 6 heteroatoms. The van der Waals surface area contributed by atoms with Gasteiger partial charge in [0, 0.05) is 23.9 Å². The minimum absolute atomic E-state index is 0.0927. The van der Waals surface area contributed by atoms with Crippen LogP contribution in [0.4, 0.5) is 5.69 Å². The number of aromatic nitrogens is 1. The minimum Gasteiger partial charge on any atom is -0.450 e. The van der Waals surface area contributed by atoms with Crippen LogP contribution in [0, 0.1) is 17.0 Å². The first-order valence-electron chi connectivity index (χ1n) is 5.11. The van der Waals surface area contributed by atoms with E-state index in [0.717, 1.165) is 5.56 Å². The molecule has 0 unspecified atom stereocenters. The van der Waals surface area contributed by atoms with Crippen LogP contribution in [0.2, 0.25) is 5.15 Å². The van der Waals surface area contributed by atoms with Gasteiger partial charge in [0.1, 0.15) is 10.9 Å². The number of pyridine rings is 1. The molecule has 0 bridgehead atoms. The van der Waals surface area contributed by atoms with E-state index in [4.69, 9.17) is 16.3 Å². The molecule has 18 heavy (non-hydrogen) atoms. The van der Waals surface area contributed by atoms with Gasteiger partial charge >= 0.3 is 5.69 Å². The standard InChI is InChI=1S/C12H9ClN2O3/c1-8-7-14-12(13)6-11(8)18-10-5-3-2-4-9(10)15(16)17/h2-7H,1H3. The van der Waals surface area contributed by atoms with E-state index in [-0.39, 0.29) is 16.6 Å². The van der Waals surface area contributed by atoms with Crippen LogP contribution in [0.3, 0.4) is 0 Å². The van der Waals surface area contributed by atoms with Gasteiger partial charge < -0.3 is 4.74 Å². The summed E-state index contributed by atoms with van der Waals surface area (Å²) >= 11 is 5.76. The summed E-state index contributed by atoms with van der Waals surface area (Å²) in [6, 6.07) is 7.69. The number of nitro groups is 1. The second-order valence-electron chi connectivity index (χ2n) is 3.60. The van der Waals surface area contributed by atoms with Gasteiger partial charge in [0.15, 0.2) is 0 Å². The fourth-order valence-electron chi connectivity index (χ4n) is 1.40. The molecule has 0 aliphatic heterocycles. The van der Waals surface area contributed by atoms with E-state index in [1.54, 1.807) is 25.3 Å². The van der Waals surface area contributed by atoms with E-state index in [9.17, 15) is 10.1 Å². The van der Waals surface area contributed by atoms with Gasteiger partial charge in [-0.25, -0.2) is 4.98 Å². The second-order valence-corrected chi connectivity index (χ2v) is 3.99. The summed E-state index contributed by atoms with van der Waals surface area (Å²) in [6.07, 6.45) is 1.55. The smallest absolute Gasteiger partial charge is 0.311 e. The number of rotatable bonds is 3. The van der Waals surface area contributed by atoms with Gasteiger partial charge in [0.05, 0.1) is 4.92 Å². The number of ether oxygens (including phenoxy) is 1. The highest BCUT2D eigenvalue weighted by atomic mass is 35.5. The molecule has 0 fully saturated rings. The molecule has 0 atom stereocenters. The fraction of sp³-hybridized carbons (Fsp3) is 0.0833. The van der Waals surface area contributed by atoms with Gasteiger partial charge in [-0.05, 0) is 13.0 Å². The Bertz CT molecular complexity index is 602. The lowest BCUT2D eigenvalue weighted by atomic mass is 10.2. The highest BCUT2D eigenvalue weighted by molar-refractivity contribution is 6.29. The predicted octanol–water partition coefficient (Wildman–Crippen LogP) is 3.74. The molecule has 0 saturated carbocycles. The Hall–Kier alpha value is -2.14. The molecular formula is C12H9ClN2O3. The summed E-state index contributed by atoms with van der Waals surface area (Å²) in [6.45, 7) is 1.79. The van der Waals surface area contributed by atoms with Crippen molar-refractivity contribution < 1.29 is 9.66 Å². The van der Waals surface area contributed by atoms with Crippen molar-refractivity contribution in [1.29, 1.82) is 0 Å². The summed E-state index contributed by atoms with van der Waals surface area (Å²) in [5.41, 5.74) is 0.655. The van der Waals surface area contributed by atoms with Crippen LogP contribution in [0.15, 0.2) is 36.5 Å². The molecule has 0 amide bonds. The Morgan fingerprint density at radius 3 is 2.78 bits per heavy atom. The van der Waals surface area contributed by atoms with Crippen molar-refractivity contribution in [2.75, 3.05) is 0 Å². The van der Waals surface area contributed by atoms with Gasteiger partial charge in [-0.3, -0.25) is 10.1 Å². The van der Waals surface area contributed by atoms with Crippen molar-refractivity contribution in [1.82, 2.24) is 4.98 Å². The molecule has 2 aromatic rings. The average molecular weight is 265 g/mol. The largest absolute Gasteiger partial charge is 0.450 e. The third-order valence-corrected chi connectivity index (χ3v) is 2.51. The summed E-state index contributed by atoms with van der Waals surface area (Å²) in [7, 11) is 0. The van der Waals surface area contributed by atoms with E-state index >= 15 is 0 Å². The first kappa shape index (κ1) is 12.3. The number of hydrogen-bond acceptors (Lipinski definition) is 4. The van der Waals surface area contributed by atoms with Crippen LogP contribution in [-0.4, -0.2) is 9.91 Å². The molecule has 1 heterocycles. The maximum atomic E-state index is 10.9. The van der Waals surface area contributed by atoms with Crippen LogP contribution in [0.25, 0.3) is 0 Å². The van der Waals surface area contributed by atoms with Crippen LogP contribution >= 0.6 is 11.6 Å². The molecule has 2 rings (SSSR count). The number of nitrogens with zero attached hydrogens (tertiary/aromatic N) is 2. The number of nitro benzene ring substituents is 1. The molecule has 0 radical (unpaired) electrons. The number of para-hydroxylation sites is 2. The Kier molecular flexibility index (Phi) is 3.43. The van der Waals surface area contributed by atoms with Gasteiger partial charge in [-0.2, -0.15) is 0 Å². The van der Waals surface area contributed by atoms with Gasteiger partial charge in [0.25, 0.3) is 0 Å². The molecule has 0 spiro atoms. The lowest BCUT2D eigenvalue weighted by Gasteiger charge is -2.08. The van der Waals surface area contributed by atoms with Crippen LogP contribution in [0.1, 0.15) is 5.56 Å². The molecule has 92 valence electrons. The van der Waals surface area contributed by atoms with Crippen molar-refractivity contribution in [3.8, 4) is 11.5 Å². The van der Waals surface area contributed by atoms with Gasteiger partial charge in [-0.15, -0.1) is 0 Å². The summed E-state index contributed by atoms with van der Waals surface area (Å²) in [4.78, 5) is 14.2. The Morgan fingerprint density at radius 2 is 2.06 bits per heavy atom. The number of halogens is 1. The van der Waals surface area contributed by atoms with Crippen molar-refractivity contribution in [2.24, 2.45) is 0 Å². The molecule has 0 aliphatic carbocycles. The maximum Gasteiger partial charge on any atom is 0.311 e. The Balaban J connectivity index is 2.40. The summed E-state index contributed by atoms with van der Waals surface area (Å²) in [5, 5.41) is 11.1. The third kappa shape index (κ3) is 2.57. The quantitative estimate of drug-likeness (QED) is 0.481. The highest BCUT2D eigenvalue weighted by Gasteiger charge is 2.15. The lowest BCUT2D eigenvalue weighted by Crippen LogP contribution is -1.94. The number of hydrogen-bond donors (Lipinski definition) is 0. The highest BCUT2D eigenvalue weighted by Crippen LogP contribution is 2.32. The molecule has 1 aromatic heterocycles. The molecule has 1 aromatic carbocycles. The number of benzene rings is 1. The average Bonchev–Trinajstić information content (AvgIpc) is 2.34. The van der Waals surface area contributed by atoms with Crippen molar-refractivity contribution in [2.45, 2.75) is 6.92 Å².